The van der Waals surface area contributed by atoms with E-state index >= 15 is 0 Å². The summed E-state index contributed by atoms with van der Waals surface area (Å²) in [4.78, 5) is 16.1. The molecule has 1 aromatic heterocycles. The molecule has 0 unspecified atom stereocenters. The van der Waals surface area contributed by atoms with Gasteiger partial charge in [-0.3, -0.25) is 9.78 Å². The molecular weight excluding hydrogens is 254 g/mol. The summed E-state index contributed by atoms with van der Waals surface area (Å²) >= 11 is 0. The molecule has 20 heavy (non-hydrogen) atoms. The first-order valence-electron chi connectivity index (χ1n) is 6.75. The Bertz CT molecular complexity index is 479. The highest BCUT2D eigenvalue weighted by atomic mass is 16.5. The number of pyridine rings is 1. The molecule has 0 atom stereocenters. The molecule has 1 aromatic rings. The number of aryl methyl sites for hydroxylation is 1. The fraction of sp³-hybridized carbons (Fsp3) is 0.600. The summed E-state index contributed by atoms with van der Waals surface area (Å²) in [7, 11) is 1.66. The van der Waals surface area contributed by atoms with Gasteiger partial charge in [0.1, 0.15) is 5.75 Å². The number of carbonyl (C=O) groups is 1. The molecule has 0 bridgehead atoms. The number of hydrogen-bond acceptors (Lipinski definition) is 4. The zero-order valence-electron chi connectivity index (χ0n) is 13.3. The van der Waals surface area contributed by atoms with Gasteiger partial charge >= 0.3 is 0 Å². The average Bonchev–Trinajstić information content (AvgIpc) is 2.30. The Morgan fingerprint density at radius 2 is 2.00 bits per heavy atom. The minimum absolute atomic E-state index is 0.0192. The summed E-state index contributed by atoms with van der Waals surface area (Å²) in [6.45, 7) is 10.6. The number of rotatable bonds is 5. The topological polar surface area (TPSA) is 63.2 Å². The van der Waals surface area contributed by atoms with Crippen LogP contribution in [0.5, 0.6) is 5.75 Å². The van der Waals surface area contributed by atoms with Crippen LogP contribution in [0.4, 0.5) is 0 Å². The third kappa shape index (κ3) is 4.81. The molecule has 112 valence electrons. The van der Waals surface area contributed by atoms with Crippen LogP contribution in [0.25, 0.3) is 0 Å². The van der Waals surface area contributed by atoms with Gasteiger partial charge in [-0.15, -0.1) is 0 Å². The van der Waals surface area contributed by atoms with Gasteiger partial charge in [-0.1, -0.05) is 0 Å². The minimum atomic E-state index is -0.208. The van der Waals surface area contributed by atoms with Gasteiger partial charge < -0.3 is 15.4 Å². The third-order valence-electron chi connectivity index (χ3n) is 2.84. The summed E-state index contributed by atoms with van der Waals surface area (Å²) in [6.07, 6.45) is 1.79. The molecule has 0 saturated heterocycles. The van der Waals surface area contributed by atoms with Gasteiger partial charge in [0.25, 0.3) is 0 Å². The largest absolute Gasteiger partial charge is 0.496 e. The van der Waals surface area contributed by atoms with E-state index in [0.717, 1.165) is 22.6 Å². The predicted octanol–water partition coefficient (Wildman–Crippen LogP) is 1.71. The van der Waals surface area contributed by atoms with Gasteiger partial charge in [-0.25, -0.2) is 0 Å². The van der Waals surface area contributed by atoms with Gasteiger partial charge in [0.2, 0.25) is 5.91 Å². The van der Waals surface area contributed by atoms with Gasteiger partial charge in [0, 0.05) is 29.4 Å². The number of nitrogens with zero attached hydrogens (tertiary/aromatic N) is 1. The molecule has 0 spiro atoms. The van der Waals surface area contributed by atoms with Crippen LogP contribution in [0.15, 0.2) is 6.20 Å². The van der Waals surface area contributed by atoms with E-state index in [4.69, 9.17) is 4.74 Å². The van der Waals surface area contributed by atoms with Gasteiger partial charge in [-0.2, -0.15) is 0 Å². The van der Waals surface area contributed by atoms with E-state index in [2.05, 4.69) is 15.6 Å². The molecular formula is C15H25N3O2. The normalized spacial score (nSPS) is 11.3. The highest BCUT2D eigenvalue weighted by molar-refractivity contribution is 5.78. The van der Waals surface area contributed by atoms with Crippen molar-refractivity contribution in [3.63, 3.8) is 0 Å². The highest BCUT2D eigenvalue weighted by Crippen LogP contribution is 2.23. The maximum Gasteiger partial charge on any atom is 0.234 e. The summed E-state index contributed by atoms with van der Waals surface area (Å²) in [5, 5.41) is 6.01. The van der Waals surface area contributed by atoms with Gasteiger partial charge in [0.15, 0.2) is 0 Å². The molecule has 0 aromatic carbocycles. The van der Waals surface area contributed by atoms with Crippen molar-refractivity contribution in [2.75, 3.05) is 13.7 Å². The molecule has 1 rings (SSSR count). The lowest BCUT2D eigenvalue weighted by Gasteiger charge is -2.20. The van der Waals surface area contributed by atoms with Crippen LogP contribution in [0.1, 0.15) is 37.6 Å². The highest BCUT2D eigenvalue weighted by Gasteiger charge is 2.14. The lowest BCUT2D eigenvalue weighted by Crippen LogP contribution is -2.44. The Kier molecular flexibility index (Phi) is 5.51. The molecule has 1 heterocycles. The number of ether oxygens (including phenoxy) is 1. The van der Waals surface area contributed by atoms with E-state index in [9.17, 15) is 4.79 Å². The number of carbonyl (C=O) groups excluding carboxylic acids is 1. The first-order valence-corrected chi connectivity index (χ1v) is 6.75. The van der Waals surface area contributed by atoms with Crippen LogP contribution in [0, 0.1) is 13.8 Å². The average molecular weight is 279 g/mol. The van der Waals surface area contributed by atoms with E-state index < -0.39 is 0 Å². The second-order valence-corrected chi connectivity index (χ2v) is 5.95. The van der Waals surface area contributed by atoms with E-state index in [0.29, 0.717) is 6.54 Å². The van der Waals surface area contributed by atoms with Gasteiger partial charge in [0.05, 0.1) is 19.3 Å². The quantitative estimate of drug-likeness (QED) is 0.861. The number of amides is 1. The fourth-order valence-corrected chi connectivity index (χ4v) is 2.01. The van der Waals surface area contributed by atoms with Crippen LogP contribution in [0.3, 0.4) is 0 Å². The Labute approximate surface area is 121 Å². The second kappa shape index (κ2) is 6.70. The monoisotopic (exact) mass is 279 g/mol. The van der Waals surface area contributed by atoms with E-state index in [-0.39, 0.29) is 18.0 Å². The second-order valence-electron chi connectivity index (χ2n) is 5.95. The zero-order chi connectivity index (χ0) is 15.3. The van der Waals surface area contributed by atoms with Crippen molar-refractivity contribution in [3.05, 3.63) is 23.0 Å². The summed E-state index contributed by atoms with van der Waals surface area (Å²) in [5.74, 6) is 0.838. The summed E-state index contributed by atoms with van der Waals surface area (Å²) in [6, 6.07) is 0. The molecule has 5 nitrogen and oxygen atoms in total. The first-order chi connectivity index (χ1) is 9.24. The van der Waals surface area contributed by atoms with Gasteiger partial charge in [-0.05, 0) is 34.6 Å². The molecule has 0 fully saturated rings. The van der Waals surface area contributed by atoms with E-state index in [1.165, 1.54) is 0 Å². The Balaban J connectivity index is 2.57. The lowest BCUT2D eigenvalue weighted by molar-refractivity contribution is -0.121. The standard InChI is InChI=1S/C15H25N3O2/c1-10-7-17-12(11(2)14(10)20-6)8-16-9-13(19)18-15(3,4)5/h7,16H,8-9H2,1-6H3,(H,18,19). The predicted molar refractivity (Wildman–Crippen MR) is 79.9 cm³/mol. The van der Waals surface area contributed by atoms with Crippen molar-refractivity contribution >= 4 is 5.91 Å². The first kappa shape index (κ1) is 16.4. The smallest absolute Gasteiger partial charge is 0.234 e. The van der Waals surface area contributed by atoms with Crippen LogP contribution in [0.2, 0.25) is 0 Å². The summed E-state index contributed by atoms with van der Waals surface area (Å²) in [5.41, 5.74) is 2.71. The Hall–Kier alpha value is -1.62. The van der Waals surface area contributed by atoms with E-state index in [1.54, 1.807) is 13.3 Å². The van der Waals surface area contributed by atoms with Crippen molar-refractivity contribution in [3.8, 4) is 5.75 Å². The molecule has 1 amide bonds. The van der Waals surface area contributed by atoms with E-state index in [1.807, 2.05) is 34.6 Å². The molecule has 0 aliphatic carbocycles. The minimum Gasteiger partial charge on any atom is -0.496 e. The molecule has 5 heteroatoms. The maximum absolute atomic E-state index is 11.7. The fourth-order valence-electron chi connectivity index (χ4n) is 2.01. The molecule has 2 N–H and O–H groups in total. The van der Waals surface area contributed by atoms with Crippen molar-refractivity contribution in [2.24, 2.45) is 0 Å². The van der Waals surface area contributed by atoms with Crippen molar-refractivity contribution in [2.45, 2.75) is 46.7 Å². The molecule has 0 saturated carbocycles. The molecule has 0 aliphatic rings. The van der Waals surface area contributed by atoms with Crippen LogP contribution in [-0.4, -0.2) is 30.1 Å². The van der Waals surface area contributed by atoms with Crippen molar-refractivity contribution in [1.82, 2.24) is 15.6 Å². The third-order valence-corrected chi connectivity index (χ3v) is 2.84. The van der Waals surface area contributed by atoms with Crippen LogP contribution < -0.4 is 15.4 Å². The van der Waals surface area contributed by atoms with Crippen LogP contribution in [-0.2, 0) is 11.3 Å². The van der Waals surface area contributed by atoms with Crippen molar-refractivity contribution < 1.29 is 9.53 Å². The number of nitrogens with one attached hydrogen (secondary N) is 2. The maximum atomic E-state index is 11.7. The number of hydrogen-bond donors (Lipinski definition) is 2. The number of methoxy groups -OCH3 is 1. The molecule has 0 radical (unpaired) electrons. The zero-order valence-corrected chi connectivity index (χ0v) is 13.3. The molecule has 0 aliphatic heterocycles. The Morgan fingerprint density at radius 3 is 2.55 bits per heavy atom. The Morgan fingerprint density at radius 1 is 1.35 bits per heavy atom. The SMILES string of the molecule is COc1c(C)cnc(CNCC(=O)NC(C)(C)C)c1C. The summed E-state index contributed by atoms with van der Waals surface area (Å²) < 4.78 is 5.36. The van der Waals surface area contributed by atoms with Crippen LogP contribution >= 0.6 is 0 Å². The van der Waals surface area contributed by atoms with Crippen molar-refractivity contribution in [1.29, 1.82) is 0 Å². The number of aromatic nitrogens is 1. The lowest BCUT2D eigenvalue weighted by atomic mass is 10.1.